The molecule has 4 atom stereocenters. The fraction of sp³-hybridized carbons (Fsp3) is 0.478. The van der Waals surface area contributed by atoms with Gasteiger partial charge in [0.25, 0.3) is 0 Å². The van der Waals surface area contributed by atoms with Crippen molar-refractivity contribution in [3.05, 3.63) is 53.0 Å². The van der Waals surface area contributed by atoms with E-state index in [4.69, 9.17) is 21.3 Å². The van der Waals surface area contributed by atoms with Gasteiger partial charge in [0.05, 0.1) is 0 Å². The van der Waals surface area contributed by atoms with Gasteiger partial charge >= 0.3 is 0 Å². The average Bonchev–Trinajstić information content (AvgIpc) is 3.39. The molecule has 8 nitrogen and oxygen atoms in total. The number of aromatic nitrogens is 5. The molecule has 1 aromatic carbocycles. The summed E-state index contributed by atoms with van der Waals surface area (Å²) in [4.78, 5) is 15.8. The number of rotatable bonds is 5. The summed E-state index contributed by atoms with van der Waals surface area (Å²) in [5.74, 6) is 3.43. The number of ether oxygens (including phenoxy) is 1. The first-order chi connectivity index (χ1) is 16.0. The van der Waals surface area contributed by atoms with Crippen LogP contribution in [-0.2, 0) is 6.54 Å². The Hall–Kier alpha value is -2.94. The predicted octanol–water partition coefficient (Wildman–Crippen LogP) is 4.02. The molecule has 3 aliphatic rings. The number of halogens is 2. The lowest BCUT2D eigenvalue weighted by atomic mass is 9.92. The van der Waals surface area contributed by atoms with E-state index in [0.29, 0.717) is 34.6 Å². The van der Waals surface area contributed by atoms with Crippen molar-refractivity contribution in [3.63, 3.8) is 0 Å². The Labute approximate surface area is 196 Å². The van der Waals surface area contributed by atoms with Gasteiger partial charge in [-0.3, -0.25) is 0 Å². The van der Waals surface area contributed by atoms with Crippen molar-refractivity contribution in [2.24, 2.45) is 11.8 Å². The van der Waals surface area contributed by atoms with E-state index in [1.807, 2.05) is 11.6 Å². The molecule has 1 aliphatic carbocycles. The third kappa shape index (κ3) is 3.99. The van der Waals surface area contributed by atoms with E-state index in [2.05, 4.69) is 31.3 Å². The van der Waals surface area contributed by atoms with Gasteiger partial charge in [-0.05, 0) is 43.7 Å². The first-order valence-corrected chi connectivity index (χ1v) is 11.8. The lowest BCUT2D eigenvalue weighted by Crippen LogP contribution is -2.48. The molecule has 0 radical (unpaired) electrons. The predicted molar refractivity (Wildman–Crippen MR) is 122 cm³/mol. The van der Waals surface area contributed by atoms with Crippen LogP contribution in [0.1, 0.15) is 36.9 Å². The standard InChI is InChI=1S/C23H25ClFN7O/c1-13-6-20(27-12-26-13)31-10-14-2-3-15(11-31)21(14)28-23-29-22-19(4-5-32(22)30-23)33-18-8-16(24)7-17(25)9-18/h6-9,12,14-15,19,21H,2-5,10-11H2,1H3,(H,28,30)/t14-,15+,19-,21-/m1/s1. The van der Waals surface area contributed by atoms with Crippen molar-refractivity contribution >= 4 is 23.4 Å². The number of nitrogens with one attached hydrogen (secondary N) is 1. The number of nitrogens with zero attached hydrogens (tertiary/aromatic N) is 6. The number of piperidine rings is 1. The molecular weight excluding hydrogens is 445 g/mol. The van der Waals surface area contributed by atoms with Crippen molar-refractivity contribution in [1.29, 1.82) is 0 Å². The van der Waals surface area contributed by atoms with Crippen LogP contribution in [0.5, 0.6) is 5.75 Å². The minimum Gasteiger partial charge on any atom is -0.482 e. The third-order valence-electron chi connectivity index (χ3n) is 6.95. The van der Waals surface area contributed by atoms with Gasteiger partial charge in [-0.1, -0.05) is 11.6 Å². The first kappa shape index (κ1) is 20.7. The van der Waals surface area contributed by atoms with E-state index in [9.17, 15) is 4.39 Å². The van der Waals surface area contributed by atoms with E-state index in [1.165, 1.54) is 25.0 Å². The smallest absolute Gasteiger partial charge is 0.242 e. The molecular formula is C23H25ClFN7O. The van der Waals surface area contributed by atoms with Gasteiger partial charge in [-0.25, -0.2) is 19.0 Å². The molecule has 0 amide bonds. The van der Waals surface area contributed by atoms with E-state index in [1.54, 1.807) is 12.4 Å². The number of anilines is 2. The second kappa shape index (κ2) is 8.13. The lowest BCUT2D eigenvalue weighted by Gasteiger charge is -2.38. The van der Waals surface area contributed by atoms with Crippen LogP contribution in [0.4, 0.5) is 16.2 Å². The van der Waals surface area contributed by atoms with Crippen LogP contribution >= 0.6 is 11.6 Å². The number of aryl methyl sites for hydroxylation is 2. The van der Waals surface area contributed by atoms with Crippen molar-refractivity contribution in [2.45, 2.75) is 44.9 Å². The molecule has 0 spiro atoms. The Kier molecular flexibility index (Phi) is 5.09. The minimum atomic E-state index is -0.418. The van der Waals surface area contributed by atoms with Gasteiger partial charge in [0.15, 0.2) is 11.9 Å². The van der Waals surface area contributed by atoms with Crippen LogP contribution in [0, 0.1) is 24.6 Å². The van der Waals surface area contributed by atoms with Gasteiger partial charge < -0.3 is 15.0 Å². The van der Waals surface area contributed by atoms with Crippen molar-refractivity contribution < 1.29 is 9.13 Å². The Bertz CT molecular complexity index is 1150. The topological polar surface area (TPSA) is 81.0 Å². The van der Waals surface area contributed by atoms with Crippen LogP contribution in [0.3, 0.4) is 0 Å². The molecule has 1 saturated carbocycles. The average molecular weight is 470 g/mol. The largest absolute Gasteiger partial charge is 0.482 e. The van der Waals surface area contributed by atoms with Crippen molar-refractivity contribution in [2.75, 3.05) is 23.3 Å². The van der Waals surface area contributed by atoms with E-state index < -0.39 is 5.82 Å². The molecule has 33 heavy (non-hydrogen) atoms. The summed E-state index contributed by atoms with van der Waals surface area (Å²) in [7, 11) is 0. The molecule has 1 saturated heterocycles. The van der Waals surface area contributed by atoms with E-state index >= 15 is 0 Å². The second-order valence-corrected chi connectivity index (χ2v) is 9.64. The van der Waals surface area contributed by atoms with Crippen LogP contribution < -0.4 is 15.0 Å². The SMILES string of the molecule is Cc1cc(N2C[C@H]3CC[C@@H](C2)[C@@H]3Nc2nc3n(n2)CC[C@H]3Oc2cc(F)cc(Cl)c2)ncn1. The maximum Gasteiger partial charge on any atom is 0.242 e. The summed E-state index contributed by atoms with van der Waals surface area (Å²) in [6, 6.07) is 6.62. The zero-order valence-electron chi connectivity index (χ0n) is 18.3. The van der Waals surface area contributed by atoms with Crippen LogP contribution in [0.15, 0.2) is 30.6 Å². The summed E-state index contributed by atoms with van der Waals surface area (Å²) >= 11 is 5.97. The Morgan fingerprint density at radius 3 is 2.67 bits per heavy atom. The van der Waals surface area contributed by atoms with Crippen LogP contribution in [-0.4, -0.2) is 43.9 Å². The quantitative estimate of drug-likeness (QED) is 0.604. The van der Waals surface area contributed by atoms with Crippen LogP contribution in [0.25, 0.3) is 0 Å². The van der Waals surface area contributed by atoms with Crippen LogP contribution in [0.2, 0.25) is 5.02 Å². The fourth-order valence-electron chi connectivity index (χ4n) is 5.47. The van der Waals surface area contributed by atoms with Gasteiger partial charge in [-0.15, -0.1) is 5.10 Å². The monoisotopic (exact) mass is 469 g/mol. The highest BCUT2D eigenvalue weighted by Crippen LogP contribution is 2.40. The molecule has 4 heterocycles. The maximum absolute atomic E-state index is 13.7. The fourth-order valence-corrected chi connectivity index (χ4v) is 5.68. The molecule has 1 N–H and O–H groups in total. The van der Waals surface area contributed by atoms with Crippen molar-refractivity contribution in [3.8, 4) is 5.75 Å². The summed E-state index contributed by atoms with van der Waals surface area (Å²) in [5, 5.41) is 8.61. The first-order valence-electron chi connectivity index (χ1n) is 11.4. The molecule has 3 aromatic rings. The molecule has 6 rings (SSSR count). The number of hydrogen-bond acceptors (Lipinski definition) is 7. The highest BCUT2D eigenvalue weighted by atomic mass is 35.5. The Morgan fingerprint density at radius 1 is 1.09 bits per heavy atom. The van der Waals surface area contributed by atoms with Gasteiger partial charge in [0.1, 0.15) is 23.7 Å². The summed E-state index contributed by atoms with van der Waals surface area (Å²) in [5.41, 5.74) is 0.988. The van der Waals surface area contributed by atoms with Crippen molar-refractivity contribution in [1.82, 2.24) is 24.7 Å². The molecule has 2 bridgehead atoms. The van der Waals surface area contributed by atoms with Gasteiger partial charge in [0.2, 0.25) is 5.95 Å². The number of hydrogen-bond donors (Lipinski definition) is 1. The minimum absolute atomic E-state index is 0.273. The highest BCUT2D eigenvalue weighted by Gasteiger charge is 2.43. The molecule has 172 valence electrons. The highest BCUT2D eigenvalue weighted by molar-refractivity contribution is 6.30. The molecule has 2 aliphatic heterocycles. The Morgan fingerprint density at radius 2 is 1.91 bits per heavy atom. The lowest BCUT2D eigenvalue weighted by molar-refractivity contribution is 0.202. The molecule has 2 fully saturated rings. The second-order valence-electron chi connectivity index (χ2n) is 9.21. The van der Waals surface area contributed by atoms with Gasteiger partial charge in [0, 0.05) is 54.9 Å². The molecule has 2 aromatic heterocycles. The normalized spacial score (nSPS) is 25.8. The summed E-state index contributed by atoms with van der Waals surface area (Å²) in [6.45, 7) is 4.64. The maximum atomic E-state index is 13.7. The van der Waals surface area contributed by atoms with E-state index in [-0.39, 0.29) is 6.10 Å². The molecule has 0 unspecified atom stereocenters. The van der Waals surface area contributed by atoms with E-state index in [0.717, 1.165) is 43.4 Å². The number of fused-ring (bicyclic) bond motifs is 3. The summed E-state index contributed by atoms with van der Waals surface area (Å²) < 4.78 is 21.6. The zero-order chi connectivity index (χ0) is 22.5. The molecule has 10 heteroatoms. The third-order valence-corrected chi connectivity index (χ3v) is 7.17. The van der Waals surface area contributed by atoms with Gasteiger partial charge in [-0.2, -0.15) is 4.98 Å². The zero-order valence-corrected chi connectivity index (χ0v) is 19.0. The summed E-state index contributed by atoms with van der Waals surface area (Å²) in [6.07, 6.45) is 4.48. The Balaban J connectivity index is 1.15. The number of benzene rings is 1.